The second-order valence-corrected chi connectivity index (χ2v) is 8.10. The van der Waals surface area contributed by atoms with E-state index in [-0.39, 0.29) is 23.8 Å². The van der Waals surface area contributed by atoms with Crippen LogP contribution in [-0.2, 0) is 16.1 Å². The van der Waals surface area contributed by atoms with E-state index in [2.05, 4.69) is 4.98 Å². The van der Waals surface area contributed by atoms with Gasteiger partial charge in [0.05, 0.1) is 30.7 Å². The van der Waals surface area contributed by atoms with E-state index in [0.29, 0.717) is 23.6 Å². The van der Waals surface area contributed by atoms with E-state index in [0.717, 1.165) is 11.3 Å². The van der Waals surface area contributed by atoms with Crippen LogP contribution in [0.2, 0.25) is 0 Å². The lowest BCUT2D eigenvalue weighted by Gasteiger charge is -2.23. The minimum Gasteiger partial charge on any atom is -0.507 e. The van der Waals surface area contributed by atoms with Gasteiger partial charge in [-0.3, -0.25) is 14.6 Å². The molecule has 0 bridgehead atoms. The van der Waals surface area contributed by atoms with E-state index in [1.807, 2.05) is 20.8 Å². The lowest BCUT2D eigenvalue weighted by Crippen LogP contribution is -2.29. The summed E-state index contributed by atoms with van der Waals surface area (Å²) in [6, 6.07) is 13.2. The number of benzene rings is 1. The number of pyridine rings is 1. The highest BCUT2D eigenvalue weighted by Gasteiger charge is 2.47. The molecule has 0 aliphatic carbocycles. The molecule has 1 aliphatic heterocycles. The van der Waals surface area contributed by atoms with Gasteiger partial charge in [0.1, 0.15) is 23.3 Å². The third-order valence-corrected chi connectivity index (χ3v) is 5.62. The highest BCUT2D eigenvalue weighted by Crippen LogP contribution is 2.40. The van der Waals surface area contributed by atoms with Crippen molar-refractivity contribution in [1.82, 2.24) is 9.88 Å². The van der Waals surface area contributed by atoms with Crippen LogP contribution in [0.25, 0.3) is 5.76 Å². The van der Waals surface area contributed by atoms with Crippen molar-refractivity contribution in [2.75, 3.05) is 6.61 Å². The average Bonchev–Trinajstić information content (AvgIpc) is 3.42. The molecule has 7 heteroatoms. The van der Waals surface area contributed by atoms with Crippen molar-refractivity contribution in [3.8, 4) is 5.75 Å². The van der Waals surface area contributed by atoms with E-state index < -0.39 is 17.7 Å². The van der Waals surface area contributed by atoms with E-state index in [1.165, 1.54) is 11.2 Å². The second kappa shape index (κ2) is 9.32. The number of rotatable bonds is 7. The average molecular weight is 447 g/mol. The Balaban J connectivity index is 1.85. The molecule has 7 nitrogen and oxygen atoms in total. The molecule has 1 N–H and O–H groups in total. The number of furan rings is 1. The van der Waals surface area contributed by atoms with E-state index in [1.54, 1.807) is 54.7 Å². The molecule has 2 aromatic heterocycles. The molecule has 3 heterocycles. The smallest absolute Gasteiger partial charge is 0.296 e. The molecule has 0 spiro atoms. The molecule has 1 fully saturated rings. The first kappa shape index (κ1) is 22.3. The quantitative estimate of drug-likeness (QED) is 0.318. The zero-order valence-corrected chi connectivity index (χ0v) is 18.8. The van der Waals surface area contributed by atoms with Crippen LogP contribution in [-0.4, -0.2) is 33.3 Å². The molecular formula is C26H26N2O5. The van der Waals surface area contributed by atoms with Gasteiger partial charge in [-0.2, -0.15) is 0 Å². The number of aromatic nitrogens is 1. The predicted octanol–water partition coefficient (Wildman–Crippen LogP) is 4.82. The normalized spacial score (nSPS) is 17.7. The molecule has 0 saturated carbocycles. The lowest BCUT2D eigenvalue weighted by molar-refractivity contribution is -0.140. The Bertz CT molecular complexity index is 1180. The number of carbonyl (C=O) groups is 2. The highest BCUT2D eigenvalue weighted by molar-refractivity contribution is 6.46. The minimum atomic E-state index is -0.842. The largest absolute Gasteiger partial charge is 0.507 e. The number of ether oxygens (including phenoxy) is 1. The van der Waals surface area contributed by atoms with Gasteiger partial charge in [-0.1, -0.05) is 19.9 Å². The third kappa shape index (κ3) is 4.26. The van der Waals surface area contributed by atoms with Crippen molar-refractivity contribution in [1.29, 1.82) is 0 Å². The number of Topliss-reactive ketones (excluding diaryl/α,β-unsaturated/α-hetero) is 1. The molecule has 4 rings (SSSR count). The topological polar surface area (TPSA) is 92.9 Å². The summed E-state index contributed by atoms with van der Waals surface area (Å²) in [4.78, 5) is 31.9. The molecule has 1 amide bonds. The molecule has 3 aromatic rings. The number of aliphatic hydroxyl groups is 1. The molecule has 33 heavy (non-hydrogen) atoms. The number of amides is 1. The van der Waals surface area contributed by atoms with Gasteiger partial charge in [0.25, 0.3) is 11.7 Å². The molecule has 1 unspecified atom stereocenters. The Hall–Kier alpha value is -3.87. The summed E-state index contributed by atoms with van der Waals surface area (Å²) < 4.78 is 11.1. The third-order valence-electron chi connectivity index (χ3n) is 5.62. The van der Waals surface area contributed by atoms with Crippen LogP contribution < -0.4 is 4.74 Å². The molecule has 0 radical (unpaired) electrons. The van der Waals surface area contributed by atoms with Crippen molar-refractivity contribution in [2.45, 2.75) is 39.3 Å². The first-order valence-corrected chi connectivity index (χ1v) is 10.9. The summed E-state index contributed by atoms with van der Waals surface area (Å²) in [5, 5.41) is 11.3. The standard InChI is InChI=1S/C26H26N2O5/c1-4-32-21-11-10-17(14-19(21)16(2)3)24(29)22-23(20-9-5-6-12-27-20)28(26(31)25(22)30)15-18-8-7-13-33-18/h5-14,16,23,29H,4,15H2,1-3H3/b24-22-. The van der Waals surface area contributed by atoms with Gasteiger partial charge in [0, 0.05) is 11.8 Å². The number of ketones is 1. The van der Waals surface area contributed by atoms with E-state index in [9.17, 15) is 14.7 Å². The van der Waals surface area contributed by atoms with Crippen molar-refractivity contribution in [3.05, 3.63) is 89.1 Å². The second-order valence-electron chi connectivity index (χ2n) is 8.10. The zero-order valence-electron chi connectivity index (χ0n) is 18.8. The van der Waals surface area contributed by atoms with Crippen molar-refractivity contribution in [2.24, 2.45) is 0 Å². The highest BCUT2D eigenvalue weighted by atomic mass is 16.5. The first-order chi connectivity index (χ1) is 15.9. The van der Waals surface area contributed by atoms with Gasteiger partial charge in [-0.15, -0.1) is 0 Å². The fraction of sp³-hybridized carbons (Fsp3) is 0.269. The van der Waals surface area contributed by atoms with Crippen LogP contribution in [0.15, 0.2) is 71.0 Å². The van der Waals surface area contributed by atoms with Crippen LogP contribution >= 0.6 is 0 Å². The molecule has 1 saturated heterocycles. The maximum Gasteiger partial charge on any atom is 0.296 e. The fourth-order valence-corrected chi connectivity index (χ4v) is 4.05. The van der Waals surface area contributed by atoms with Crippen molar-refractivity contribution in [3.63, 3.8) is 0 Å². The number of carbonyl (C=O) groups excluding carboxylic acids is 2. The van der Waals surface area contributed by atoms with Gasteiger partial charge in [0.15, 0.2) is 0 Å². The van der Waals surface area contributed by atoms with Gasteiger partial charge in [0.2, 0.25) is 0 Å². The summed E-state index contributed by atoms with van der Waals surface area (Å²) in [5.41, 5.74) is 1.84. The van der Waals surface area contributed by atoms with Crippen molar-refractivity contribution >= 4 is 17.4 Å². The van der Waals surface area contributed by atoms with Gasteiger partial charge in [-0.05, 0) is 60.9 Å². The number of nitrogens with zero attached hydrogens (tertiary/aromatic N) is 2. The fourth-order valence-electron chi connectivity index (χ4n) is 4.05. The molecular weight excluding hydrogens is 420 g/mol. The minimum absolute atomic E-state index is 0.00382. The summed E-state index contributed by atoms with van der Waals surface area (Å²) in [6.07, 6.45) is 3.10. The number of hydrogen-bond acceptors (Lipinski definition) is 6. The van der Waals surface area contributed by atoms with Crippen molar-refractivity contribution < 1.29 is 23.8 Å². The summed E-state index contributed by atoms with van der Waals surface area (Å²) >= 11 is 0. The molecule has 170 valence electrons. The Labute approximate surface area is 192 Å². The van der Waals surface area contributed by atoms with Crippen LogP contribution in [0.1, 0.15) is 55.3 Å². The van der Waals surface area contributed by atoms with Crippen LogP contribution in [0.5, 0.6) is 5.75 Å². The number of hydrogen-bond donors (Lipinski definition) is 1. The van der Waals surface area contributed by atoms with Crippen LogP contribution in [0, 0.1) is 0 Å². The van der Waals surface area contributed by atoms with E-state index in [4.69, 9.17) is 9.15 Å². The van der Waals surface area contributed by atoms with Gasteiger partial charge >= 0.3 is 0 Å². The maximum atomic E-state index is 13.1. The summed E-state index contributed by atoms with van der Waals surface area (Å²) in [5.74, 6) is -0.318. The summed E-state index contributed by atoms with van der Waals surface area (Å²) in [6.45, 7) is 6.56. The Morgan fingerprint density at radius 1 is 1.18 bits per heavy atom. The monoisotopic (exact) mass is 446 g/mol. The Kier molecular flexibility index (Phi) is 6.31. The lowest BCUT2D eigenvalue weighted by atomic mass is 9.94. The van der Waals surface area contributed by atoms with Crippen LogP contribution in [0.4, 0.5) is 0 Å². The van der Waals surface area contributed by atoms with Crippen LogP contribution in [0.3, 0.4) is 0 Å². The number of aliphatic hydroxyl groups excluding tert-OH is 1. The Morgan fingerprint density at radius 2 is 2.00 bits per heavy atom. The summed E-state index contributed by atoms with van der Waals surface area (Å²) in [7, 11) is 0. The molecule has 1 aliphatic rings. The SMILES string of the molecule is CCOc1ccc(/C(O)=C2/C(=O)C(=O)N(Cc3ccco3)C2c2ccccn2)cc1C(C)C. The Morgan fingerprint density at radius 3 is 2.64 bits per heavy atom. The van der Waals surface area contributed by atoms with Gasteiger partial charge in [-0.25, -0.2) is 0 Å². The van der Waals surface area contributed by atoms with Gasteiger partial charge < -0.3 is 19.2 Å². The maximum absolute atomic E-state index is 13.1. The first-order valence-electron chi connectivity index (χ1n) is 10.9. The predicted molar refractivity (Wildman–Crippen MR) is 122 cm³/mol. The molecule has 1 aromatic carbocycles. The van der Waals surface area contributed by atoms with E-state index >= 15 is 0 Å². The molecule has 1 atom stereocenters. The number of likely N-dealkylation sites (tertiary alicyclic amines) is 1. The zero-order chi connectivity index (χ0) is 23.5.